The van der Waals surface area contributed by atoms with Gasteiger partial charge in [-0.1, -0.05) is 6.42 Å². The Morgan fingerprint density at radius 3 is 2.77 bits per heavy atom. The Kier molecular flexibility index (Phi) is 4.79. The molecule has 1 aromatic heterocycles. The van der Waals surface area contributed by atoms with Crippen LogP contribution in [0.15, 0.2) is 30.3 Å². The summed E-state index contributed by atoms with van der Waals surface area (Å²) in [4.78, 5) is 14.6. The van der Waals surface area contributed by atoms with Crippen LogP contribution in [-0.2, 0) is 11.2 Å². The summed E-state index contributed by atoms with van der Waals surface area (Å²) in [5.41, 5.74) is 2.77. The van der Waals surface area contributed by atoms with Gasteiger partial charge < -0.3 is 4.90 Å². The van der Waals surface area contributed by atoms with E-state index in [2.05, 4.69) is 10.2 Å². The summed E-state index contributed by atoms with van der Waals surface area (Å²) in [7, 11) is 1.94. The van der Waals surface area contributed by atoms with Crippen LogP contribution in [0.25, 0.3) is 11.3 Å². The van der Waals surface area contributed by atoms with Crippen molar-refractivity contribution in [2.24, 2.45) is 17.8 Å². The number of H-pyrrole nitrogens is 1. The third-order valence-corrected chi connectivity index (χ3v) is 6.14. The second-order valence-corrected chi connectivity index (χ2v) is 7.93. The monoisotopic (exact) mass is 355 g/mol. The lowest BCUT2D eigenvalue weighted by Gasteiger charge is -2.26. The Labute approximate surface area is 153 Å². The van der Waals surface area contributed by atoms with Gasteiger partial charge in [0.05, 0.1) is 5.69 Å². The molecule has 0 saturated heterocycles. The fourth-order valence-electron chi connectivity index (χ4n) is 4.71. The Morgan fingerprint density at radius 1 is 1.27 bits per heavy atom. The minimum Gasteiger partial charge on any atom is -0.346 e. The quantitative estimate of drug-likeness (QED) is 0.850. The molecule has 3 atom stereocenters. The number of nitrogens with zero attached hydrogens (tertiary/aromatic N) is 2. The number of hydrogen-bond acceptors (Lipinski definition) is 2. The Balaban J connectivity index is 1.27. The topological polar surface area (TPSA) is 49.0 Å². The van der Waals surface area contributed by atoms with Crippen LogP contribution in [0, 0.1) is 23.6 Å². The van der Waals surface area contributed by atoms with Crippen molar-refractivity contribution in [1.82, 2.24) is 15.1 Å². The first kappa shape index (κ1) is 17.3. The second kappa shape index (κ2) is 7.22. The third kappa shape index (κ3) is 3.53. The number of amides is 1. The van der Waals surface area contributed by atoms with Crippen LogP contribution >= 0.6 is 0 Å². The molecule has 5 heteroatoms. The number of rotatable bonds is 6. The first-order valence-electron chi connectivity index (χ1n) is 9.65. The molecule has 2 bridgehead atoms. The fourth-order valence-corrected chi connectivity index (χ4v) is 4.71. The number of carbonyl (C=O) groups is 1. The van der Waals surface area contributed by atoms with Crippen LogP contribution in [0.4, 0.5) is 4.39 Å². The summed E-state index contributed by atoms with van der Waals surface area (Å²) in [5.74, 6) is 1.82. The fraction of sp³-hybridized carbons (Fsp3) is 0.524. The van der Waals surface area contributed by atoms with Crippen LogP contribution in [0.2, 0.25) is 0 Å². The summed E-state index contributed by atoms with van der Waals surface area (Å²) < 4.78 is 13.0. The van der Waals surface area contributed by atoms with E-state index in [9.17, 15) is 9.18 Å². The molecule has 2 fully saturated rings. The third-order valence-electron chi connectivity index (χ3n) is 6.14. The molecule has 2 saturated carbocycles. The van der Waals surface area contributed by atoms with Gasteiger partial charge in [-0.25, -0.2) is 4.39 Å². The normalized spacial score (nSPS) is 24.2. The zero-order chi connectivity index (χ0) is 18.1. The number of aromatic nitrogens is 2. The van der Waals surface area contributed by atoms with Crippen molar-refractivity contribution in [3.63, 3.8) is 0 Å². The van der Waals surface area contributed by atoms with Crippen LogP contribution in [-0.4, -0.2) is 34.6 Å². The largest absolute Gasteiger partial charge is 0.346 e. The summed E-state index contributed by atoms with van der Waals surface area (Å²) in [6, 6.07) is 8.36. The van der Waals surface area contributed by atoms with Crippen molar-refractivity contribution >= 4 is 5.91 Å². The minimum atomic E-state index is -0.243. The van der Waals surface area contributed by atoms with Gasteiger partial charge in [-0.15, -0.1) is 0 Å². The van der Waals surface area contributed by atoms with E-state index in [0.29, 0.717) is 11.8 Å². The van der Waals surface area contributed by atoms with Crippen molar-refractivity contribution < 1.29 is 9.18 Å². The predicted octanol–water partition coefficient (Wildman–Crippen LogP) is 4.04. The Morgan fingerprint density at radius 2 is 2.08 bits per heavy atom. The smallest absolute Gasteiger partial charge is 0.225 e. The molecular weight excluding hydrogens is 329 g/mol. The first-order chi connectivity index (χ1) is 12.6. The van der Waals surface area contributed by atoms with Gasteiger partial charge in [0.15, 0.2) is 0 Å². The average Bonchev–Trinajstić information content (AvgIpc) is 3.38. The highest BCUT2D eigenvalue weighted by Gasteiger charge is 2.43. The van der Waals surface area contributed by atoms with Gasteiger partial charge >= 0.3 is 0 Å². The van der Waals surface area contributed by atoms with Crippen molar-refractivity contribution in [3.05, 3.63) is 41.8 Å². The van der Waals surface area contributed by atoms with Gasteiger partial charge in [0.2, 0.25) is 5.91 Å². The molecule has 1 heterocycles. The lowest BCUT2D eigenvalue weighted by Crippen LogP contribution is -2.36. The molecule has 2 aliphatic rings. The molecule has 0 spiro atoms. The van der Waals surface area contributed by atoms with Gasteiger partial charge in [0.1, 0.15) is 5.82 Å². The first-order valence-corrected chi connectivity index (χ1v) is 9.65. The molecule has 1 aromatic carbocycles. The number of fused-ring (bicyclic) bond motifs is 2. The van der Waals surface area contributed by atoms with E-state index in [1.807, 2.05) is 18.0 Å². The summed E-state index contributed by atoms with van der Waals surface area (Å²) >= 11 is 0. The molecule has 26 heavy (non-hydrogen) atoms. The van der Waals surface area contributed by atoms with Crippen LogP contribution in [0.1, 0.15) is 37.8 Å². The van der Waals surface area contributed by atoms with E-state index >= 15 is 0 Å². The molecule has 138 valence electrons. The number of aryl methyl sites for hydroxylation is 1. The molecule has 1 amide bonds. The van der Waals surface area contributed by atoms with E-state index in [4.69, 9.17) is 0 Å². The number of hydrogen-bond donors (Lipinski definition) is 1. The molecule has 4 rings (SSSR count). The van der Waals surface area contributed by atoms with Crippen molar-refractivity contribution in [2.45, 2.75) is 38.5 Å². The second-order valence-electron chi connectivity index (χ2n) is 7.93. The van der Waals surface area contributed by atoms with Crippen LogP contribution < -0.4 is 0 Å². The maximum absolute atomic E-state index is 13.0. The molecule has 3 unspecified atom stereocenters. The number of carbonyl (C=O) groups excluding carboxylic acids is 1. The summed E-state index contributed by atoms with van der Waals surface area (Å²) in [6.45, 7) is 0.775. The highest BCUT2D eigenvalue weighted by atomic mass is 19.1. The van der Waals surface area contributed by atoms with E-state index in [1.54, 1.807) is 12.1 Å². The zero-order valence-electron chi connectivity index (χ0n) is 15.2. The van der Waals surface area contributed by atoms with Gasteiger partial charge in [-0.3, -0.25) is 9.89 Å². The molecule has 0 aliphatic heterocycles. The van der Waals surface area contributed by atoms with Gasteiger partial charge in [0.25, 0.3) is 0 Å². The number of aromatic amines is 1. The lowest BCUT2D eigenvalue weighted by molar-refractivity contribution is -0.135. The van der Waals surface area contributed by atoms with Crippen LogP contribution in [0.3, 0.4) is 0 Å². The lowest BCUT2D eigenvalue weighted by atomic mass is 9.88. The predicted molar refractivity (Wildman–Crippen MR) is 98.9 cm³/mol. The van der Waals surface area contributed by atoms with E-state index in [0.717, 1.165) is 48.7 Å². The Hall–Kier alpha value is -2.17. The Bertz CT molecular complexity index is 770. The maximum Gasteiger partial charge on any atom is 0.225 e. The maximum atomic E-state index is 13.0. The van der Waals surface area contributed by atoms with Gasteiger partial charge in [0, 0.05) is 30.8 Å². The van der Waals surface area contributed by atoms with Crippen molar-refractivity contribution in [1.29, 1.82) is 0 Å². The van der Waals surface area contributed by atoms with Crippen molar-refractivity contribution in [2.75, 3.05) is 13.6 Å². The summed E-state index contributed by atoms with van der Waals surface area (Å²) in [5, 5.41) is 7.36. The molecule has 1 N–H and O–H groups in total. The van der Waals surface area contributed by atoms with Crippen molar-refractivity contribution in [3.8, 4) is 11.3 Å². The molecular formula is C21H26FN3O. The van der Waals surface area contributed by atoms with Crippen LogP contribution in [0.5, 0.6) is 0 Å². The zero-order valence-corrected chi connectivity index (χ0v) is 15.2. The average molecular weight is 355 g/mol. The van der Waals surface area contributed by atoms with Gasteiger partial charge in [-0.2, -0.15) is 5.10 Å². The summed E-state index contributed by atoms with van der Waals surface area (Å²) in [6.07, 6.45) is 6.71. The standard InChI is InChI=1S/C21H26FN3O/c1-25(21(26)19-12-14-4-5-16(19)11-14)10-2-3-18-13-20(24-23-18)15-6-8-17(22)9-7-15/h6-9,13-14,16,19H,2-5,10-12H2,1H3,(H,23,24). The number of nitrogens with one attached hydrogen (secondary N) is 1. The SMILES string of the molecule is CN(CCCc1cc(-c2ccc(F)cc2)n[nH]1)C(=O)C1CC2CCC1C2. The van der Waals surface area contributed by atoms with E-state index in [-0.39, 0.29) is 11.7 Å². The number of halogens is 1. The number of benzene rings is 1. The molecule has 0 radical (unpaired) electrons. The van der Waals surface area contributed by atoms with E-state index < -0.39 is 0 Å². The molecule has 2 aliphatic carbocycles. The van der Waals surface area contributed by atoms with E-state index in [1.165, 1.54) is 31.4 Å². The molecule has 4 nitrogen and oxygen atoms in total. The van der Waals surface area contributed by atoms with Gasteiger partial charge in [-0.05, 0) is 74.3 Å². The molecule has 2 aromatic rings. The highest BCUT2D eigenvalue weighted by Crippen LogP contribution is 2.48. The highest BCUT2D eigenvalue weighted by molar-refractivity contribution is 5.79. The minimum absolute atomic E-state index is 0.243.